The summed E-state index contributed by atoms with van der Waals surface area (Å²) < 4.78 is 5.53. The van der Waals surface area contributed by atoms with Crippen LogP contribution < -0.4 is 10.2 Å². The molecule has 1 atom stereocenters. The van der Waals surface area contributed by atoms with E-state index in [2.05, 4.69) is 32.3 Å². The highest BCUT2D eigenvalue weighted by molar-refractivity contribution is 5.49. The van der Waals surface area contributed by atoms with Crippen LogP contribution in [0.25, 0.3) is 11.6 Å². The molecule has 1 saturated heterocycles. The topological polar surface area (TPSA) is 70.0 Å². The summed E-state index contributed by atoms with van der Waals surface area (Å²) in [5.41, 5.74) is 0. The van der Waals surface area contributed by atoms with Crippen LogP contribution in [0.15, 0.2) is 16.5 Å². The van der Waals surface area contributed by atoms with Crippen LogP contribution in [-0.4, -0.2) is 40.9 Å². The van der Waals surface area contributed by atoms with Crippen molar-refractivity contribution in [2.24, 2.45) is 0 Å². The number of hydrogen-bond acceptors (Lipinski definition) is 5. The molecule has 0 radical (unpaired) electrons. The number of aromatic amines is 1. The number of hydrogen-bond donors (Lipinski definition) is 2. The Morgan fingerprint density at radius 2 is 2.33 bits per heavy atom. The molecule has 1 aliphatic heterocycles. The zero-order valence-corrected chi connectivity index (χ0v) is 10.6. The molecule has 1 fully saturated rings. The molecular formula is C12H17N5O. The van der Waals surface area contributed by atoms with Crippen molar-refractivity contribution in [1.82, 2.24) is 20.5 Å². The van der Waals surface area contributed by atoms with Crippen molar-refractivity contribution in [3.8, 4) is 11.6 Å². The third-order valence-corrected chi connectivity index (χ3v) is 3.10. The van der Waals surface area contributed by atoms with Gasteiger partial charge in [-0.05, 0) is 26.0 Å². The quantitative estimate of drug-likeness (QED) is 0.833. The number of nitrogens with one attached hydrogen (secondary N) is 2. The zero-order valence-electron chi connectivity index (χ0n) is 10.6. The van der Waals surface area contributed by atoms with Crippen LogP contribution in [-0.2, 0) is 0 Å². The van der Waals surface area contributed by atoms with Gasteiger partial charge in [0.2, 0.25) is 5.95 Å². The molecule has 0 saturated carbocycles. The second-order valence-corrected chi connectivity index (χ2v) is 4.70. The molecule has 0 bridgehead atoms. The van der Waals surface area contributed by atoms with E-state index in [-0.39, 0.29) is 0 Å². The van der Waals surface area contributed by atoms with Crippen LogP contribution in [0, 0.1) is 6.92 Å². The maximum absolute atomic E-state index is 5.53. The van der Waals surface area contributed by atoms with Crippen molar-refractivity contribution in [3.05, 3.63) is 17.9 Å². The lowest BCUT2D eigenvalue weighted by Crippen LogP contribution is -2.49. The minimum atomic E-state index is 0.464. The smallest absolute Gasteiger partial charge is 0.245 e. The first-order valence-corrected chi connectivity index (χ1v) is 6.20. The molecule has 0 amide bonds. The SMILES string of the molecule is Cc1ccc(-c2nc(N3CCN[C@H](C)C3)n[nH]2)o1. The van der Waals surface area contributed by atoms with Crippen molar-refractivity contribution in [2.75, 3.05) is 24.5 Å². The maximum Gasteiger partial charge on any atom is 0.245 e. The predicted octanol–water partition coefficient (Wildman–Crippen LogP) is 1.17. The maximum atomic E-state index is 5.53. The average Bonchev–Trinajstić information content (AvgIpc) is 2.97. The molecule has 2 aromatic rings. The molecule has 6 heteroatoms. The van der Waals surface area contributed by atoms with E-state index in [1.807, 2.05) is 19.1 Å². The molecule has 96 valence electrons. The summed E-state index contributed by atoms with van der Waals surface area (Å²) in [6.07, 6.45) is 0. The summed E-state index contributed by atoms with van der Waals surface area (Å²) in [4.78, 5) is 6.67. The van der Waals surface area contributed by atoms with Gasteiger partial charge in [-0.15, -0.1) is 5.10 Å². The molecule has 1 aliphatic rings. The summed E-state index contributed by atoms with van der Waals surface area (Å²) in [7, 11) is 0. The average molecular weight is 247 g/mol. The van der Waals surface area contributed by atoms with Gasteiger partial charge in [-0.3, -0.25) is 5.10 Å². The van der Waals surface area contributed by atoms with Gasteiger partial charge in [-0.2, -0.15) is 4.98 Å². The molecule has 2 N–H and O–H groups in total. The largest absolute Gasteiger partial charge is 0.458 e. The first-order valence-electron chi connectivity index (χ1n) is 6.20. The minimum absolute atomic E-state index is 0.464. The van der Waals surface area contributed by atoms with Crippen molar-refractivity contribution < 1.29 is 4.42 Å². The molecule has 0 unspecified atom stereocenters. The Morgan fingerprint density at radius 1 is 1.44 bits per heavy atom. The monoisotopic (exact) mass is 247 g/mol. The van der Waals surface area contributed by atoms with Crippen LogP contribution in [0.3, 0.4) is 0 Å². The van der Waals surface area contributed by atoms with Crippen LogP contribution in [0.5, 0.6) is 0 Å². The Hall–Kier alpha value is -1.82. The molecule has 18 heavy (non-hydrogen) atoms. The van der Waals surface area contributed by atoms with Gasteiger partial charge in [0.1, 0.15) is 5.76 Å². The van der Waals surface area contributed by atoms with Crippen LogP contribution in [0.4, 0.5) is 5.95 Å². The van der Waals surface area contributed by atoms with E-state index >= 15 is 0 Å². The summed E-state index contributed by atoms with van der Waals surface area (Å²) in [6.45, 7) is 6.90. The summed E-state index contributed by atoms with van der Waals surface area (Å²) in [6, 6.07) is 4.29. The third-order valence-electron chi connectivity index (χ3n) is 3.10. The lowest BCUT2D eigenvalue weighted by molar-refractivity contribution is 0.480. The third kappa shape index (κ3) is 2.11. The van der Waals surface area contributed by atoms with Gasteiger partial charge in [-0.25, -0.2) is 0 Å². The van der Waals surface area contributed by atoms with E-state index in [0.717, 1.165) is 37.1 Å². The fraction of sp³-hybridized carbons (Fsp3) is 0.500. The Kier molecular flexibility index (Phi) is 2.79. The second kappa shape index (κ2) is 4.45. The van der Waals surface area contributed by atoms with Gasteiger partial charge in [0.15, 0.2) is 11.6 Å². The minimum Gasteiger partial charge on any atom is -0.458 e. The summed E-state index contributed by atoms with van der Waals surface area (Å²) in [5, 5.41) is 10.6. The highest BCUT2D eigenvalue weighted by atomic mass is 16.3. The van der Waals surface area contributed by atoms with Crippen LogP contribution >= 0.6 is 0 Å². The Morgan fingerprint density at radius 3 is 3.06 bits per heavy atom. The fourth-order valence-electron chi connectivity index (χ4n) is 2.18. The Bertz CT molecular complexity index is 532. The van der Waals surface area contributed by atoms with Gasteiger partial charge in [0, 0.05) is 25.7 Å². The molecule has 3 rings (SSSR count). The van der Waals surface area contributed by atoms with Gasteiger partial charge in [0.05, 0.1) is 0 Å². The second-order valence-electron chi connectivity index (χ2n) is 4.70. The van der Waals surface area contributed by atoms with Gasteiger partial charge < -0.3 is 14.6 Å². The summed E-state index contributed by atoms with van der Waals surface area (Å²) in [5.74, 6) is 3.03. The van der Waals surface area contributed by atoms with E-state index in [4.69, 9.17) is 4.42 Å². The number of piperazine rings is 1. The van der Waals surface area contributed by atoms with Gasteiger partial charge in [-0.1, -0.05) is 0 Å². The van der Waals surface area contributed by atoms with Crippen LogP contribution in [0.2, 0.25) is 0 Å². The van der Waals surface area contributed by atoms with Crippen LogP contribution in [0.1, 0.15) is 12.7 Å². The molecule has 0 aliphatic carbocycles. The Balaban J connectivity index is 1.80. The zero-order chi connectivity index (χ0) is 12.5. The number of furan rings is 1. The van der Waals surface area contributed by atoms with Crippen molar-refractivity contribution in [1.29, 1.82) is 0 Å². The lowest BCUT2D eigenvalue weighted by atomic mass is 10.2. The number of aromatic nitrogens is 3. The van der Waals surface area contributed by atoms with Crippen molar-refractivity contribution >= 4 is 5.95 Å². The summed E-state index contributed by atoms with van der Waals surface area (Å²) >= 11 is 0. The molecule has 6 nitrogen and oxygen atoms in total. The molecule has 0 aromatic carbocycles. The number of anilines is 1. The number of nitrogens with zero attached hydrogens (tertiary/aromatic N) is 3. The normalized spacial score (nSPS) is 20.3. The molecule has 0 spiro atoms. The van der Waals surface area contributed by atoms with Gasteiger partial charge >= 0.3 is 0 Å². The standard InChI is InChI=1S/C12H17N5O/c1-8-7-17(6-5-13-8)12-14-11(15-16-12)10-4-3-9(2)18-10/h3-4,8,13H,5-7H2,1-2H3,(H,14,15,16)/t8-/m1/s1. The lowest BCUT2D eigenvalue weighted by Gasteiger charge is -2.30. The van der Waals surface area contributed by atoms with Crippen molar-refractivity contribution in [2.45, 2.75) is 19.9 Å². The highest BCUT2D eigenvalue weighted by Gasteiger charge is 2.20. The number of H-pyrrole nitrogens is 1. The van der Waals surface area contributed by atoms with E-state index in [0.29, 0.717) is 11.9 Å². The number of rotatable bonds is 2. The highest BCUT2D eigenvalue weighted by Crippen LogP contribution is 2.20. The van der Waals surface area contributed by atoms with E-state index in [1.165, 1.54) is 0 Å². The van der Waals surface area contributed by atoms with E-state index in [9.17, 15) is 0 Å². The fourth-order valence-corrected chi connectivity index (χ4v) is 2.18. The first kappa shape index (κ1) is 11.3. The first-order chi connectivity index (χ1) is 8.72. The van der Waals surface area contributed by atoms with E-state index < -0.39 is 0 Å². The number of aryl methyl sites for hydroxylation is 1. The molecule has 2 aromatic heterocycles. The predicted molar refractivity (Wildman–Crippen MR) is 68.5 cm³/mol. The van der Waals surface area contributed by atoms with Gasteiger partial charge in [0.25, 0.3) is 0 Å². The Labute approximate surface area is 105 Å². The molecule has 3 heterocycles. The van der Waals surface area contributed by atoms with E-state index in [1.54, 1.807) is 0 Å². The molecular weight excluding hydrogens is 230 g/mol. The van der Waals surface area contributed by atoms with Crippen molar-refractivity contribution in [3.63, 3.8) is 0 Å².